The van der Waals surface area contributed by atoms with Crippen molar-refractivity contribution in [3.8, 4) is 0 Å². The number of carbonyl (C=O) groups excluding carboxylic acids is 1. The average Bonchev–Trinajstić information content (AvgIpc) is 2.66. The lowest BCUT2D eigenvalue weighted by atomic mass is 10.0. The second kappa shape index (κ2) is 8.72. The Labute approximate surface area is 155 Å². The number of anilines is 2. The Balaban J connectivity index is 1.56. The van der Waals surface area contributed by atoms with E-state index in [1.807, 2.05) is 25.1 Å². The molecule has 0 spiro atoms. The second-order valence-electron chi connectivity index (χ2n) is 6.82. The number of benzene rings is 2. The molecular weight excluding hydrogens is 324 g/mol. The molecule has 1 saturated heterocycles. The van der Waals surface area contributed by atoms with E-state index in [2.05, 4.69) is 45.9 Å². The third-order valence-electron chi connectivity index (χ3n) is 4.99. The number of nitrogens with one attached hydrogen (secondary N) is 2. The summed E-state index contributed by atoms with van der Waals surface area (Å²) in [4.78, 5) is 14.2. The third kappa shape index (κ3) is 4.35. The van der Waals surface area contributed by atoms with Crippen LogP contribution in [0.15, 0.2) is 48.5 Å². The standard InChI is InChI=1S/C21H28N4O/c1-16-7-5-11-19(20(16)21(22)26)24-12-6-10-18-15-23-13-14-25(18)17-8-3-2-4-9-17/h2-5,7-9,11,18,23-24H,6,10,12-15H2,1H3,(H2,22,26). The number of piperazine rings is 1. The highest BCUT2D eigenvalue weighted by Crippen LogP contribution is 2.22. The van der Waals surface area contributed by atoms with Gasteiger partial charge in [-0.05, 0) is 43.5 Å². The molecule has 26 heavy (non-hydrogen) atoms. The maximum atomic E-state index is 11.7. The first-order chi connectivity index (χ1) is 12.7. The van der Waals surface area contributed by atoms with E-state index in [-0.39, 0.29) is 5.91 Å². The average molecular weight is 352 g/mol. The fourth-order valence-electron chi connectivity index (χ4n) is 3.68. The van der Waals surface area contributed by atoms with Gasteiger partial charge < -0.3 is 21.3 Å². The van der Waals surface area contributed by atoms with Gasteiger partial charge in [0, 0.05) is 43.6 Å². The lowest BCUT2D eigenvalue weighted by Gasteiger charge is -2.38. The van der Waals surface area contributed by atoms with Gasteiger partial charge in [0.1, 0.15) is 0 Å². The zero-order valence-electron chi connectivity index (χ0n) is 15.4. The van der Waals surface area contributed by atoms with E-state index in [0.717, 1.165) is 50.3 Å². The van der Waals surface area contributed by atoms with Gasteiger partial charge in [-0.2, -0.15) is 0 Å². The van der Waals surface area contributed by atoms with E-state index in [1.54, 1.807) is 0 Å². The topological polar surface area (TPSA) is 70.4 Å². The van der Waals surface area contributed by atoms with Gasteiger partial charge in [0.05, 0.1) is 5.56 Å². The zero-order valence-corrected chi connectivity index (χ0v) is 15.4. The Hall–Kier alpha value is -2.53. The minimum atomic E-state index is -0.377. The molecule has 5 nitrogen and oxygen atoms in total. The van der Waals surface area contributed by atoms with Crippen molar-refractivity contribution in [1.29, 1.82) is 0 Å². The predicted octanol–water partition coefficient (Wildman–Crippen LogP) is 2.76. The normalized spacial score (nSPS) is 17.1. The molecule has 0 aliphatic carbocycles. The van der Waals surface area contributed by atoms with Crippen LogP contribution in [0, 0.1) is 6.92 Å². The molecule has 2 aromatic rings. The van der Waals surface area contributed by atoms with Gasteiger partial charge >= 0.3 is 0 Å². The van der Waals surface area contributed by atoms with Crippen molar-refractivity contribution in [2.24, 2.45) is 5.73 Å². The number of carbonyl (C=O) groups is 1. The minimum absolute atomic E-state index is 0.377. The zero-order chi connectivity index (χ0) is 18.4. The molecule has 1 amide bonds. The monoisotopic (exact) mass is 352 g/mol. The molecule has 3 rings (SSSR count). The van der Waals surface area contributed by atoms with Crippen LogP contribution in [0.3, 0.4) is 0 Å². The van der Waals surface area contributed by atoms with Crippen LogP contribution in [0.2, 0.25) is 0 Å². The number of hydrogen-bond donors (Lipinski definition) is 3. The summed E-state index contributed by atoms with van der Waals surface area (Å²) in [7, 11) is 0. The van der Waals surface area contributed by atoms with Crippen molar-refractivity contribution in [2.45, 2.75) is 25.8 Å². The van der Waals surface area contributed by atoms with Crippen LogP contribution < -0.4 is 21.3 Å². The molecule has 5 heteroatoms. The summed E-state index contributed by atoms with van der Waals surface area (Å²) in [5.74, 6) is -0.377. The largest absolute Gasteiger partial charge is 0.384 e. The van der Waals surface area contributed by atoms with Crippen LogP contribution in [0.1, 0.15) is 28.8 Å². The summed E-state index contributed by atoms with van der Waals surface area (Å²) in [6, 6.07) is 16.9. The molecule has 1 unspecified atom stereocenters. The van der Waals surface area contributed by atoms with E-state index < -0.39 is 0 Å². The summed E-state index contributed by atoms with van der Waals surface area (Å²) < 4.78 is 0. The maximum absolute atomic E-state index is 11.7. The number of rotatable bonds is 7. The van der Waals surface area contributed by atoms with Crippen molar-refractivity contribution in [2.75, 3.05) is 36.4 Å². The predicted molar refractivity (Wildman–Crippen MR) is 108 cm³/mol. The summed E-state index contributed by atoms with van der Waals surface area (Å²) in [6.45, 7) is 5.80. The number of nitrogens with two attached hydrogens (primary N) is 1. The quantitative estimate of drug-likeness (QED) is 0.670. The molecule has 0 bridgehead atoms. The smallest absolute Gasteiger partial charge is 0.251 e. The fraction of sp³-hybridized carbons (Fsp3) is 0.381. The minimum Gasteiger partial charge on any atom is -0.384 e. The number of hydrogen-bond acceptors (Lipinski definition) is 4. The van der Waals surface area contributed by atoms with Gasteiger partial charge in [0.15, 0.2) is 0 Å². The Kier molecular flexibility index (Phi) is 6.12. The molecule has 0 radical (unpaired) electrons. The van der Waals surface area contributed by atoms with E-state index in [9.17, 15) is 4.79 Å². The molecule has 1 atom stereocenters. The maximum Gasteiger partial charge on any atom is 0.251 e. The first kappa shape index (κ1) is 18.3. The van der Waals surface area contributed by atoms with Crippen molar-refractivity contribution in [1.82, 2.24) is 5.32 Å². The van der Waals surface area contributed by atoms with Crippen LogP contribution in [-0.2, 0) is 0 Å². The third-order valence-corrected chi connectivity index (χ3v) is 4.99. The number of primary amides is 1. The van der Waals surface area contributed by atoms with Gasteiger partial charge in [0.2, 0.25) is 0 Å². The molecule has 1 heterocycles. The second-order valence-corrected chi connectivity index (χ2v) is 6.82. The number of para-hydroxylation sites is 1. The SMILES string of the molecule is Cc1cccc(NCCCC2CNCCN2c2ccccc2)c1C(N)=O. The summed E-state index contributed by atoms with van der Waals surface area (Å²) in [5, 5.41) is 6.89. The van der Waals surface area contributed by atoms with Gasteiger partial charge in [-0.1, -0.05) is 30.3 Å². The van der Waals surface area contributed by atoms with Crippen molar-refractivity contribution in [3.63, 3.8) is 0 Å². The summed E-state index contributed by atoms with van der Waals surface area (Å²) in [5.41, 5.74) is 9.16. The van der Waals surface area contributed by atoms with Crippen LogP contribution in [0.25, 0.3) is 0 Å². The fourth-order valence-corrected chi connectivity index (χ4v) is 3.68. The van der Waals surface area contributed by atoms with Crippen LogP contribution >= 0.6 is 0 Å². The molecule has 0 aromatic heterocycles. The lowest BCUT2D eigenvalue weighted by Crippen LogP contribution is -2.51. The summed E-state index contributed by atoms with van der Waals surface area (Å²) >= 11 is 0. The highest BCUT2D eigenvalue weighted by Gasteiger charge is 2.21. The van der Waals surface area contributed by atoms with Gasteiger partial charge in [0.25, 0.3) is 5.91 Å². The van der Waals surface area contributed by atoms with Gasteiger partial charge in [-0.25, -0.2) is 0 Å². The van der Waals surface area contributed by atoms with E-state index in [0.29, 0.717) is 11.6 Å². The van der Waals surface area contributed by atoms with Crippen LogP contribution in [-0.4, -0.2) is 38.1 Å². The summed E-state index contributed by atoms with van der Waals surface area (Å²) in [6.07, 6.45) is 2.12. The highest BCUT2D eigenvalue weighted by molar-refractivity contribution is 5.99. The molecule has 1 fully saturated rings. The number of nitrogens with zero attached hydrogens (tertiary/aromatic N) is 1. The molecule has 4 N–H and O–H groups in total. The number of amides is 1. The van der Waals surface area contributed by atoms with Crippen molar-refractivity contribution < 1.29 is 4.79 Å². The first-order valence-corrected chi connectivity index (χ1v) is 9.32. The Morgan fingerprint density at radius 1 is 1.23 bits per heavy atom. The highest BCUT2D eigenvalue weighted by atomic mass is 16.1. The van der Waals surface area contributed by atoms with E-state index in [4.69, 9.17) is 5.73 Å². The first-order valence-electron chi connectivity index (χ1n) is 9.32. The van der Waals surface area contributed by atoms with Crippen LogP contribution in [0.4, 0.5) is 11.4 Å². The molecular formula is C21H28N4O. The molecule has 138 valence electrons. The Bertz CT molecular complexity index is 732. The molecule has 0 saturated carbocycles. The van der Waals surface area contributed by atoms with Crippen LogP contribution in [0.5, 0.6) is 0 Å². The van der Waals surface area contributed by atoms with Gasteiger partial charge in [-0.3, -0.25) is 4.79 Å². The van der Waals surface area contributed by atoms with E-state index >= 15 is 0 Å². The Morgan fingerprint density at radius 2 is 2.04 bits per heavy atom. The van der Waals surface area contributed by atoms with Crippen molar-refractivity contribution in [3.05, 3.63) is 59.7 Å². The Morgan fingerprint density at radius 3 is 2.81 bits per heavy atom. The lowest BCUT2D eigenvalue weighted by molar-refractivity contribution is 0.100. The van der Waals surface area contributed by atoms with E-state index in [1.165, 1.54) is 5.69 Å². The molecule has 2 aromatic carbocycles. The number of aryl methyl sites for hydroxylation is 1. The van der Waals surface area contributed by atoms with Gasteiger partial charge in [-0.15, -0.1) is 0 Å². The molecule has 1 aliphatic rings. The molecule has 1 aliphatic heterocycles. The van der Waals surface area contributed by atoms with Crippen molar-refractivity contribution >= 4 is 17.3 Å².